The lowest BCUT2D eigenvalue weighted by Crippen LogP contribution is -2.33. The standard InChI is InChI=1S/C15H18O2/c1-17-12-4-5-13-11(10-12)6-9-15(14(13)16)7-2-3-8-15/h4-5,10H,2-3,6-9H2,1H3. The van der Waals surface area contributed by atoms with Gasteiger partial charge in [0.05, 0.1) is 7.11 Å². The van der Waals surface area contributed by atoms with Crippen molar-refractivity contribution < 1.29 is 9.53 Å². The van der Waals surface area contributed by atoms with Gasteiger partial charge in [-0.05, 0) is 49.4 Å². The summed E-state index contributed by atoms with van der Waals surface area (Å²) < 4.78 is 5.22. The zero-order chi connectivity index (χ0) is 11.9. The minimum atomic E-state index is -0.0123. The molecule has 90 valence electrons. The summed E-state index contributed by atoms with van der Waals surface area (Å²) in [7, 11) is 1.67. The first-order valence-corrected chi connectivity index (χ1v) is 6.47. The molecule has 1 spiro atoms. The first-order valence-electron chi connectivity index (χ1n) is 6.47. The molecule has 3 rings (SSSR count). The number of hydrogen-bond acceptors (Lipinski definition) is 2. The minimum Gasteiger partial charge on any atom is -0.497 e. The number of ether oxygens (including phenoxy) is 1. The van der Waals surface area contributed by atoms with Crippen LogP contribution < -0.4 is 4.74 Å². The predicted octanol–water partition coefficient (Wildman–Crippen LogP) is 3.38. The van der Waals surface area contributed by atoms with Gasteiger partial charge in [0.25, 0.3) is 0 Å². The summed E-state index contributed by atoms with van der Waals surface area (Å²) in [6.45, 7) is 0. The van der Waals surface area contributed by atoms with Crippen LogP contribution in [0.2, 0.25) is 0 Å². The van der Waals surface area contributed by atoms with Crippen molar-refractivity contribution in [2.75, 3.05) is 7.11 Å². The number of carbonyl (C=O) groups is 1. The highest BCUT2D eigenvalue weighted by atomic mass is 16.5. The van der Waals surface area contributed by atoms with Crippen molar-refractivity contribution in [1.29, 1.82) is 0 Å². The molecule has 0 radical (unpaired) electrons. The number of benzene rings is 1. The summed E-state index contributed by atoms with van der Waals surface area (Å²) in [5.74, 6) is 1.25. The van der Waals surface area contributed by atoms with Crippen molar-refractivity contribution in [1.82, 2.24) is 0 Å². The Labute approximate surface area is 102 Å². The van der Waals surface area contributed by atoms with Crippen LogP contribution >= 0.6 is 0 Å². The number of hydrogen-bond donors (Lipinski definition) is 0. The number of Topliss-reactive ketones (excluding diaryl/α,β-unsaturated/α-hetero) is 1. The van der Waals surface area contributed by atoms with Crippen LogP contribution in [-0.4, -0.2) is 12.9 Å². The lowest BCUT2D eigenvalue weighted by molar-refractivity contribution is 0.0765. The van der Waals surface area contributed by atoms with Gasteiger partial charge in [-0.1, -0.05) is 12.8 Å². The van der Waals surface area contributed by atoms with Gasteiger partial charge in [0.15, 0.2) is 5.78 Å². The molecule has 2 heteroatoms. The third-order valence-corrected chi connectivity index (χ3v) is 4.47. The van der Waals surface area contributed by atoms with E-state index in [0.717, 1.165) is 37.0 Å². The van der Waals surface area contributed by atoms with E-state index in [1.165, 1.54) is 18.4 Å². The molecule has 0 atom stereocenters. The second kappa shape index (κ2) is 3.86. The van der Waals surface area contributed by atoms with Crippen LogP contribution in [0.5, 0.6) is 5.75 Å². The molecule has 2 nitrogen and oxygen atoms in total. The fraction of sp³-hybridized carbons (Fsp3) is 0.533. The summed E-state index contributed by atoms with van der Waals surface area (Å²) in [6, 6.07) is 5.88. The number of ketones is 1. The summed E-state index contributed by atoms with van der Waals surface area (Å²) in [5.41, 5.74) is 2.10. The Morgan fingerprint density at radius 3 is 2.65 bits per heavy atom. The van der Waals surface area contributed by atoms with Gasteiger partial charge >= 0.3 is 0 Å². The lowest BCUT2D eigenvalue weighted by atomic mass is 9.69. The van der Waals surface area contributed by atoms with Gasteiger partial charge in [-0.3, -0.25) is 4.79 Å². The highest BCUT2D eigenvalue weighted by molar-refractivity contribution is 6.03. The highest BCUT2D eigenvalue weighted by Crippen LogP contribution is 2.47. The SMILES string of the molecule is COc1ccc2c(c1)CCC1(CCCC1)C2=O. The van der Waals surface area contributed by atoms with Crippen LogP contribution in [0.1, 0.15) is 48.0 Å². The predicted molar refractivity (Wildman–Crippen MR) is 66.5 cm³/mol. The van der Waals surface area contributed by atoms with E-state index in [0.29, 0.717) is 5.78 Å². The monoisotopic (exact) mass is 230 g/mol. The zero-order valence-electron chi connectivity index (χ0n) is 10.3. The summed E-state index contributed by atoms with van der Waals surface area (Å²) in [4.78, 5) is 12.6. The Hall–Kier alpha value is -1.31. The maximum absolute atomic E-state index is 12.6. The molecule has 17 heavy (non-hydrogen) atoms. The van der Waals surface area contributed by atoms with Gasteiger partial charge < -0.3 is 4.74 Å². The van der Waals surface area contributed by atoms with E-state index in [1.807, 2.05) is 18.2 Å². The summed E-state index contributed by atoms with van der Waals surface area (Å²) >= 11 is 0. The molecule has 0 unspecified atom stereocenters. The Bertz CT molecular complexity index is 456. The zero-order valence-corrected chi connectivity index (χ0v) is 10.3. The number of methoxy groups -OCH3 is 1. The van der Waals surface area contributed by atoms with E-state index in [-0.39, 0.29) is 5.41 Å². The van der Waals surface area contributed by atoms with Crippen LogP contribution in [0.15, 0.2) is 18.2 Å². The summed E-state index contributed by atoms with van der Waals surface area (Å²) in [6.07, 6.45) is 6.69. The normalized spacial score (nSPS) is 21.6. The molecule has 2 aliphatic carbocycles. The second-order valence-electron chi connectivity index (χ2n) is 5.34. The van der Waals surface area contributed by atoms with Crippen LogP contribution in [0, 0.1) is 5.41 Å². The average molecular weight is 230 g/mol. The highest BCUT2D eigenvalue weighted by Gasteiger charge is 2.44. The van der Waals surface area contributed by atoms with E-state index < -0.39 is 0 Å². The smallest absolute Gasteiger partial charge is 0.169 e. The minimum absolute atomic E-state index is 0.0123. The first kappa shape index (κ1) is 10.8. The topological polar surface area (TPSA) is 26.3 Å². The molecule has 1 saturated carbocycles. The third kappa shape index (κ3) is 1.58. The number of aryl methyl sites for hydroxylation is 1. The largest absolute Gasteiger partial charge is 0.497 e. The lowest BCUT2D eigenvalue weighted by Gasteiger charge is -2.33. The molecule has 0 aliphatic heterocycles. The quantitative estimate of drug-likeness (QED) is 0.739. The average Bonchev–Trinajstić information content (AvgIpc) is 2.84. The molecule has 1 aromatic carbocycles. The second-order valence-corrected chi connectivity index (χ2v) is 5.34. The third-order valence-electron chi connectivity index (χ3n) is 4.47. The molecular weight excluding hydrogens is 212 g/mol. The molecule has 0 bridgehead atoms. The van der Waals surface area contributed by atoms with Gasteiger partial charge in [-0.2, -0.15) is 0 Å². The van der Waals surface area contributed by atoms with Crippen molar-refractivity contribution >= 4 is 5.78 Å². The van der Waals surface area contributed by atoms with Gasteiger partial charge in [-0.15, -0.1) is 0 Å². The molecule has 0 saturated heterocycles. The molecule has 0 heterocycles. The maximum Gasteiger partial charge on any atom is 0.169 e. The van der Waals surface area contributed by atoms with Gasteiger partial charge in [-0.25, -0.2) is 0 Å². The molecule has 0 aromatic heterocycles. The fourth-order valence-electron chi connectivity index (χ4n) is 3.43. The van der Waals surface area contributed by atoms with Crippen molar-refractivity contribution in [3.8, 4) is 5.75 Å². The molecular formula is C15H18O2. The number of carbonyl (C=O) groups excluding carboxylic acids is 1. The molecule has 2 aliphatic rings. The van der Waals surface area contributed by atoms with E-state index in [1.54, 1.807) is 7.11 Å². The Morgan fingerprint density at radius 1 is 1.18 bits per heavy atom. The van der Waals surface area contributed by atoms with E-state index >= 15 is 0 Å². The maximum atomic E-state index is 12.6. The van der Waals surface area contributed by atoms with Crippen LogP contribution in [0.25, 0.3) is 0 Å². The molecule has 1 aromatic rings. The van der Waals surface area contributed by atoms with Crippen molar-refractivity contribution in [3.05, 3.63) is 29.3 Å². The molecule has 0 N–H and O–H groups in total. The van der Waals surface area contributed by atoms with E-state index in [2.05, 4.69) is 0 Å². The molecule has 1 fully saturated rings. The number of fused-ring (bicyclic) bond motifs is 1. The Balaban J connectivity index is 2.00. The van der Waals surface area contributed by atoms with Crippen LogP contribution in [-0.2, 0) is 6.42 Å². The van der Waals surface area contributed by atoms with Crippen molar-refractivity contribution in [2.45, 2.75) is 38.5 Å². The van der Waals surface area contributed by atoms with Crippen molar-refractivity contribution in [3.63, 3.8) is 0 Å². The first-order chi connectivity index (χ1) is 8.25. The van der Waals surface area contributed by atoms with Crippen molar-refractivity contribution in [2.24, 2.45) is 5.41 Å². The van der Waals surface area contributed by atoms with Gasteiger partial charge in [0.1, 0.15) is 5.75 Å². The fourth-order valence-corrected chi connectivity index (χ4v) is 3.43. The van der Waals surface area contributed by atoms with Gasteiger partial charge in [0, 0.05) is 11.0 Å². The van der Waals surface area contributed by atoms with E-state index in [4.69, 9.17) is 4.74 Å². The Morgan fingerprint density at radius 2 is 1.94 bits per heavy atom. The van der Waals surface area contributed by atoms with E-state index in [9.17, 15) is 4.79 Å². The molecule has 0 amide bonds. The Kier molecular flexibility index (Phi) is 2.46. The summed E-state index contributed by atoms with van der Waals surface area (Å²) in [5, 5.41) is 0. The van der Waals surface area contributed by atoms with Crippen LogP contribution in [0.3, 0.4) is 0 Å². The van der Waals surface area contributed by atoms with Gasteiger partial charge in [0.2, 0.25) is 0 Å². The number of rotatable bonds is 1. The van der Waals surface area contributed by atoms with Crippen LogP contribution in [0.4, 0.5) is 0 Å².